The van der Waals surface area contributed by atoms with Crippen LogP contribution in [-0.2, 0) is 12.8 Å². The van der Waals surface area contributed by atoms with Crippen molar-refractivity contribution in [3.63, 3.8) is 0 Å². The molecule has 0 bridgehead atoms. The van der Waals surface area contributed by atoms with Gasteiger partial charge >= 0.3 is 0 Å². The lowest BCUT2D eigenvalue weighted by Gasteiger charge is -2.25. The molecule has 0 heteroatoms. The first-order valence-electron chi connectivity index (χ1n) is 10.5. The third-order valence-corrected chi connectivity index (χ3v) is 6.03. The molecule has 0 fully saturated rings. The van der Waals surface area contributed by atoms with Crippen LogP contribution in [0, 0.1) is 11.8 Å². The highest BCUT2D eigenvalue weighted by atomic mass is 14.2. The van der Waals surface area contributed by atoms with E-state index in [0.29, 0.717) is 5.92 Å². The Morgan fingerprint density at radius 3 is 1.86 bits per heavy atom. The predicted octanol–water partition coefficient (Wildman–Crippen LogP) is 7.79. The molecule has 0 aliphatic carbocycles. The van der Waals surface area contributed by atoms with Crippen LogP contribution < -0.4 is 0 Å². The Kier molecular flexibility index (Phi) is 5.76. The van der Waals surface area contributed by atoms with E-state index in [2.05, 4.69) is 98.8 Å². The van der Waals surface area contributed by atoms with Gasteiger partial charge < -0.3 is 0 Å². The number of benzene rings is 4. The summed E-state index contributed by atoms with van der Waals surface area (Å²) in [5, 5.41) is 5.49. The van der Waals surface area contributed by atoms with Crippen molar-refractivity contribution in [3.8, 4) is 0 Å². The fraction of sp³-hybridized carbons (Fsp3) is 0.250. The molecule has 0 amide bonds. The SMILES string of the molecule is CCCC(Cc1cccc2ccccc12)[C](C)Cc1cccc2ccccc12. The summed E-state index contributed by atoms with van der Waals surface area (Å²) >= 11 is 0. The van der Waals surface area contributed by atoms with Crippen LogP contribution in [0.2, 0.25) is 0 Å². The zero-order chi connectivity index (χ0) is 19.3. The van der Waals surface area contributed by atoms with Gasteiger partial charge in [0.15, 0.2) is 0 Å². The summed E-state index contributed by atoms with van der Waals surface area (Å²) < 4.78 is 0. The van der Waals surface area contributed by atoms with Crippen LogP contribution in [-0.4, -0.2) is 0 Å². The van der Waals surface area contributed by atoms with E-state index in [1.165, 1.54) is 45.5 Å². The van der Waals surface area contributed by atoms with Crippen LogP contribution in [0.1, 0.15) is 37.8 Å². The summed E-state index contributed by atoms with van der Waals surface area (Å²) in [6, 6.07) is 31.0. The molecule has 0 nitrogen and oxygen atoms in total. The fourth-order valence-corrected chi connectivity index (χ4v) is 4.50. The second-order valence-electron chi connectivity index (χ2n) is 7.99. The summed E-state index contributed by atoms with van der Waals surface area (Å²) in [6.45, 7) is 4.68. The van der Waals surface area contributed by atoms with E-state index in [4.69, 9.17) is 0 Å². The molecular weight excluding hydrogens is 336 g/mol. The second kappa shape index (κ2) is 8.61. The molecule has 0 aliphatic heterocycles. The van der Waals surface area contributed by atoms with Crippen molar-refractivity contribution >= 4 is 21.5 Å². The van der Waals surface area contributed by atoms with Gasteiger partial charge in [0.1, 0.15) is 0 Å². The smallest absolute Gasteiger partial charge is 0.0152 e. The van der Waals surface area contributed by atoms with Crippen molar-refractivity contribution in [1.29, 1.82) is 0 Å². The average molecular weight is 366 g/mol. The maximum Gasteiger partial charge on any atom is -0.0152 e. The highest BCUT2D eigenvalue weighted by Gasteiger charge is 2.20. The molecule has 1 radical (unpaired) electrons. The molecule has 1 unspecified atom stereocenters. The van der Waals surface area contributed by atoms with E-state index in [-0.39, 0.29) is 0 Å². The van der Waals surface area contributed by atoms with Crippen molar-refractivity contribution in [2.75, 3.05) is 0 Å². The molecular formula is C28H29. The predicted molar refractivity (Wildman–Crippen MR) is 123 cm³/mol. The Balaban J connectivity index is 1.60. The van der Waals surface area contributed by atoms with Crippen LogP contribution in [0.15, 0.2) is 84.9 Å². The van der Waals surface area contributed by atoms with Gasteiger partial charge in [-0.15, -0.1) is 0 Å². The molecule has 4 aromatic rings. The summed E-state index contributed by atoms with van der Waals surface area (Å²) in [4.78, 5) is 0. The highest BCUT2D eigenvalue weighted by molar-refractivity contribution is 5.86. The molecule has 28 heavy (non-hydrogen) atoms. The second-order valence-corrected chi connectivity index (χ2v) is 7.99. The monoisotopic (exact) mass is 365 g/mol. The van der Waals surface area contributed by atoms with E-state index in [0.717, 1.165) is 12.8 Å². The van der Waals surface area contributed by atoms with Crippen molar-refractivity contribution in [1.82, 2.24) is 0 Å². The van der Waals surface area contributed by atoms with Gasteiger partial charge in [0.25, 0.3) is 0 Å². The van der Waals surface area contributed by atoms with Crippen molar-refractivity contribution in [3.05, 3.63) is 102 Å². The third kappa shape index (κ3) is 3.97. The normalized spacial score (nSPS) is 12.7. The minimum absolute atomic E-state index is 0.620. The van der Waals surface area contributed by atoms with E-state index >= 15 is 0 Å². The van der Waals surface area contributed by atoms with Gasteiger partial charge in [-0.2, -0.15) is 0 Å². The van der Waals surface area contributed by atoms with Crippen LogP contribution in [0.25, 0.3) is 21.5 Å². The minimum atomic E-state index is 0.620. The molecule has 0 aliphatic rings. The van der Waals surface area contributed by atoms with Crippen LogP contribution in [0.4, 0.5) is 0 Å². The first kappa shape index (κ1) is 18.7. The summed E-state index contributed by atoms with van der Waals surface area (Å²) in [5.41, 5.74) is 2.93. The fourth-order valence-electron chi connectivity index (χ4n) is 4.50. The standard InChI is InChI=1S/C28H29/c1-3-10-24(20-26-16-9-14-23-12-5-7-18-28(23)26)21(2)19-25-15-8-13-22-11-4-6-17-27(22)25/h4-9,11-18,24H,3,10,19-20H2,1-2H3. The lowest BCUT2D eigenvalue weighted by molar-refractivity contribution is 0.481. The Morgan fingerprint density at radius 2 is 1.21 bits per heavy atom. The molecule has 0 aromatic heterocycles. The third-order valence-electron chi connectivity index (χ3n) is 6.03. The van der Waals surface area contributed by atoms with Crippen molar-refractivity contribution in [2.45, 2.75) is 39.5 Å². The molecule has 0 saturated heterocycles. The van der Waals surface area contributed by atoms with Crippen LogP contribution in [0.5, 0.6) is 0 Å². The van der Waals surface area contributed by atoms with E-state index in [1.54, 1.807) is 5.92 Å². The lowest BCUT2D eigenvalue weighted by Crippen LogP contribution is -2.15. The van der Waals surface area contributed by atoms with Gasteiger partial charge in [-0.3, -0.25) is 0 Å². The van der Waals surface area contributed by atoms with E-state index in [1.807, 2.05) is 0 Å². The van der Waals surface area contributed by atoms with Gasteiger partial charge in [-0.25, -0.2) is 0 Å². The first-order valence-corrected chi connectivity index (χ1v) is 10.5. The average Bonchev–Trinajstić information content (AvgIpc) is 2.74. The van der Waals surface area contributed by atoms with E-state index in [9.17, 15) is 0 Å². The van der Waals surface area contributed by atoms with Crippen molar-refractivity contribution in [2.24, 2.45) is 5.92 Å². The van der Waals surface area contributed by atoms with E-state index < -0.39 is 0 Å². The number of fused-ring (bicyclic) bond motifs is 2. The largest absolute Gasteiger partial charge is 0.0654 e. The molecule has 0 N–H and O–H groups in total. The quantitative estimate of drug-likeness (QED) is 0.313. The topological polar surface area (TPSA) is 0 Å². The van der Waals surface area contributed by atoms with Gasteiger partial charge in [0, 0.05) is 0 Å². The highest BCUT2D eigenvalue weighted by Crippen LogP contribution is 2.31. The zero-order valence-corrected chi connectivity index (χ0v) is 17.0. The maximum atomic E-state index is 2.37. The van der Waals surface area contributed by atoms with Crippen LogP contribution >= 0.6 is 0 Å². The number of hydrogen-bond donors (Lipinski definition) is 0. The Hall–Kier alpha value is -2.60. The van der Waals surface area contributed by atoms with Crippen molar-refractivity contribution < 1.29 is 0 Å². The molecule has 0 saturated carbocycles. The molecule has 4 aromatic carbocycles. The first-order chi connectivity index (χ1) is 13.8. The minimum Gasteiger partial charge on any atom is -0.0654 e. The molecule has 0 spiro atoms. The van der Waals surface area contributed by atoms with Gasteiger partial charge in [-0.05, 0) is 63.8 Å². The zero-order valence-electron chi connectivity index (χ0n) is 17.0. The Morgan fingerprint density at radius 1 is 0.679 bits per heavy atom. The van der Waals surface area contributed by atoms with Gasteiger partial charge in [0.2, 0.25) is 0 Å². The molecule has 141 valence electrons. The maximum absolute atomic E-state index is 2.37. The summed E-state index contributed by atoms with van der Waals surface area (Å²) in [5.74, 6) is 2.22. The summed E-state index contributed by atoms with van der Waals surface area (Å²) in [6.07, 6.45) is 4.67. The Bertz CT molecular complexity index is 1050. The lowest BCUT2D eigenvalue weighted by atomic mass is 9.80. The van der Waals surface area contributed by atoms with Gasteiger partial charge in [-0.1, -0.05) is 105 Å². The number of hydrogen-bond acceptors (Lipinski definition) is 0. The van der Waals surface area contributed by atoms with Crippen LogP contribution in [0.3, 0.4) is 0 Å². The molecule has 4 rings (SSSR count). The molecule has 0 heterocycles. The molecule has 1 atom stereocenters. The summed E-state index contributed by atoms with van der Waals surface area (Å²) in [7, 11) is 0. The Labute approximate surface area is 169 Å². The van der Waals surface area contributed by atoms with Gasteiger partial charge in [0.05, 0.1) is 0 Å². The number of rotatable bonds is 7.